The number of benzene rings is 1. The Morgan fingerprint density at radius 3 is 2.52 bits per heavy atom. The molecule has 0 unspecified atom stereocenters. The molecule has 1 saturated heterocycles. The second kappa shape index (κ2) is 7.03. The lowest BCUT2D eigenvalue weighted by molar-refractivity contribution is 0.0742. The Hall–Kier alpha value is -2.73. The van der Waals surface area contributed by atoms with Crippen molar-refractivity contribution < 1.29 is 4.79 Å². The Balaban J connectivity index is 1.42. The van der Waals surface area contributed by atoms with Crippen LogP contribution in [0.4, 0.5) is 5.69 Å². The molecule has 0 atom stereocenters. The molecule has 25 heavy (non-hydrogen) atoms. The quantitative estimate of drug-likeness (QED) is 0.728. The van der Waals surface area contributed by atoms with Crippen LogP contribution in [0.3, 0.4) is 0 Å². The number of nitrogens with zero attached hydrogens (tertiary/aromatic N) is 4. The maximum absolute atomic E-state index is 12.7. The zero-order valence-electron chi connectivity index (χ0n) is 13.7. The molecule has 1 aliphatic rings. The van der Waals surface area contributed by atoms with Crippen molar-refractivity contribution >= 4 is 22.9 Å². The maximum atomic E-state index is 12.7. The van der Waals surface area contributed by atoms with Crippen molar-refractivity contribution in [1.82, 2.24) is 14.9 Å². The van der Waals surface area contributed by atoms with Crippen molar-refractivity contribution in [2.45, 2.75) is 0 Å². The number of rotatable bonds is 3. The number of carbonyl (C=O) groups is 1. The van der Waals surface area contributed by atoms with E-state index in [1.807, 2.05) is 40.6 Å². The first-order chi connectivity index (χ1) is 12.3. The van der Waals surface area contributed by atoms with Crippen LogP contribution in [0.15, 0.2) is 60.2 Å². The van der Waals surface area contributed by atoms with E-state index in [9.17, 15) is 4.79 Å². The average Bonchev–Trinajstić information content (AvgIpc) is 3.19. The zero-order chi connectivity index (χ0) is 17.1. The van der Waals surface area contributed by atoms with Crippen LogP contribution in [0.25, 0.3) is 10.6 Å². The summed E-state index contributed by atoms with van der Waals surface area (Å²) in [5.74, 6) is 0.0131. The molecule has 4 rings (SSSR count). The normalized spacial score (nSPS) is 14.6. The van der Waals surface area contributed by atoms with Crippen LogP contribution in [0.5, 0.6) is 0 Å². The van der Waals surface area contributed by atoms with Gasteiger partial charge in [0.25, 0.3) is 5.91 Å². The fourth-order valence-electron chi connectivity index (χ4n) is 2.96. The first-order valence-corrected chi connectivity index (χ1v) is 9.14. The summed E-state index contributed by atoms with van der Waals surface area (Å²) in [5.41, 5.74) is 2.68. The van der Waals surface area contributed by atoms with Gasteiger partial charge < -0.3 is 9.80 Å². The van der Waals surface area contributed by atoms with Gasteiger partial charge in [-0.05, 0) is 24.3 Å². The second-order valence-corrected chi connectivity index (χ2v) is 6.75. The molecule has 6 heteroatoms. The van der Waals surface area contributed by atoms with Crippen LogP contribution in [-0.2, 0) is 0 Å². The van der Waals surface area contributed by atoms with E-state index in [0.717, 1.165) is 23.7 Å². The van der Waals surface area contributed by atoms with E-state index in [-0.39, 0.29) is 5.91 Å². The third kappa shape index (κ3) is 3.39. The van der Waals surface area contributed by atoms with Crippen LogP contribution in [-0.4, -0.2) is 47.0 Å². The maximum Gasteiger partial charge on any atom is 0.273 e. The van der Waals surface area contributed by atoms with E-state index in [1.165, 1.54) is 17.0 Å². The summed E-state index contributed by atoms with van der Waals surface area (Å²) >= 11 is 1.48. The average molecular weight is 350 g/mol. The minimum Gasteiger partial charge on any atom is -0.368 e. The number of amides is 1. The van der Waals surface area contributed by atoms with E-state index in [4.69, 9.17) is 0 Å². The molecular formula is C19H18N4OS. The Labute approximate surface area is 150 Å². The predicted molar refractivity (Wildman–Crippen MR) is 99.9 cm³/mol. The fourth-order valence-corrected chi connectivity index (χ4v) is 3.75. The molecule has 0 N–H and O–H groups in total. The van der Waals surface area contributed by atoms with Crippen molar-refractivity contribution in [1.29, 1.82) is 0 Å². The van der Waals surface area contributed by atoms with Gasteiger partial charge in [0.15, 0.2) is 0 Å². The van der Waals surface area contributed by atoms with Gasteiger partial charge in [-0.2, -0.15) is 0 Å². The number of para-hydroxylation sites is 1. The molecule has 0 spiro atoms. The van der Waals surface area contributed by atoms with Gasteiger partial charge in [-0.15, -0.1) is 11.3 Å². The van der Waals surface area contributed by atoms with E-state index >= 15 is 0 Å². The molecule has 1 aromatic carbocycles. The topological polar surface area (TPSA) is 49.3 Å². The monoisotopic (exact) mass is 350 g/mol. The van der Waals surface area contributed by atoms with Gasteiger partial charge in [0.1, 0.15) is 10.7 Å². The van der Waals surface area contributed by atoms with Crippen molar-refractivity contribution in [3.05, 3.63) is 65.9 Å². The van der Waals surface area contributed by atoms with Gasteiger partial charge >= 0.3 is 0 Å². The third-order valence-corrected chi connectivity index (χ3v) is 5.21. The van der Waals surface area contributed by atoms with Gasteiger partial charge in [-0.1, -0.05) is 18.2 Å². The van der Waals surface area contributed by atoms with E-state index in [0.29, 0.717) is 18.8 Å². The van der Waals surface area contributed by atoms with Crippen LogP contribution < -0.4 is 4.90 Å². The Morgan fingerprint density at radius 2 is 1.80 bits per heavy atom. The summed E-state index contributed by atoms with van der Waals surface area (Å²) in [6.07, 6.45) is 3.50. The van der Waals surface area contributed by atoms with Crippen molar-refractivity contribution in [3.8, 4) is 10.6 Å². The van der Waals surface area contributed by atoms with Gasteiger partial charge in [-0.3, -0.25) is 9.78 Å². The number of hydrogen-bond acceptors (Lipinski definition) is 5. The molecule has 3 heterocycles. The standard InChI is InChI=1S/C19H18N4OS/c24-19(17-14-25-18(21-17)15-5-4-8-20-13-15)23-11-9-22(10-12-23)16-6-2-1-3-7-16/h1-8,13-14H,9-12H2. The van der Waals surface area contributed by atoms with Gasteiger partial charge in [0.2, 0.25) is 0 Å². The number of piperazine rings is 1. The number of aromatic nitrogens is 2. The molecule has 0 bridgehead atoms. The van der Waals surface area contributed by atoms with Crippen molar-refractivity contribution in [3.63, 3.8) is 0 Å². The molecule has 126 valence electrons. The highest BCUT2D eigenvalue weighted by molar-refractivity contribution is 7.13. The highest BCUT2D eigenvalue weighted by atomic mass is 32.1. The molecule has 1 fully saturated rings. The molecule has 3 aromatic rings. The number of carbonyl (C=O) groups excluding carboxylic acids is 1. The number of thiazole rings is 1. The van der Waals surface area contributed by atoms with Crippen LogP contribution in [0.2, 0.25) is 0 Å². The summed E-state index contributed by atoms with van der Waals surface area (Å²) in [6.45, 7) is 3.12. The first-order valence-electron chi connectivity index (χ1n) is 8.26. The molecule has 1 aliphatic heterocycles. The highest BCUT2D eigenvalue weighted by Crippen LogP contribution is 2.24. The zero-order valence-corrected chi connectivity index (χ0v) is 14.5. The smallest absolute Gasteiger partial charge is 0.273 e. The van der Waals surface area contributed by atoms with Gasteiger partial charge in [0.05, 0.1) is 0 Å². The number of hydrogen-bond donors (Lipinski definition) is 0. The fraction of sp³-hybridized carbons (Fsp3) is 0.211. The van der Waals surface area contributed by atoms with Crippen molar-refractivity contribution in [2.75, 3.05) is 31.1 Å². The largest absolute Gasteiger partial charge is 0.368 e. The minimum atomic E-state index is 0.0131. The summed E-state index contributed by atoms with van der Waals surface area (Å²) in [7, 11) is 0. The lowest BCUT2D eigenvalue weighted by Crippen LogP contribution is -2.48. The van der Waals surface area contributed by atoms with E-state index in [2.05, 4.69) is 27.0 Å². The molecule has 0 saturated carbocycles. The van der Waals surface area contributed by atoms with Gasteiger partial charge in [-0.25, -0.2) is 4.98 Å². The summed E-state index contributed by atoms with van der Waals surface area (Å²) in [6, 6.07) is 14.2. The first kappa shape index (κ1) is 15.8. The Kier molecular flexibility index (Phi) is 4.43. The lowest BCUT2D eigenvalue weighted by atomic mass is 10.2. The Morgan fingerprint density at radius 1 is 1.00 bits per heavy atom. The SMILES string of the molecule is O=C(c1csc(-c2cccnc2)n1)N1CCN(c2ccccc2)CC1. The molecule has 2 aromatic heterocycles. The van der Waals surface area contributed by atoms with Crippen molar-refractivity contribution in [2.24, 2.45) is 0 Å². The third-order valence-electron chi connectivity index (χ3n) is 4.32. The summed E-state index contributed by atoms with van der Waals surface area (Å²) in [5, 5.41) is 2.67. The van der Waals surface area contributed by atoms with Crippen LogP contribution in [0, 0.1) is 0 Å². The number of anilines is 1. The van der Waals surface area contributed by atoms with E-state index in [1.54, 1.807) is 12.4 Å². The molecule has 0 radical (unpaired) electrons. The molecular weight excluding hydrogens is 332 g/mol. The summed E-state index contributed by atoms with van der Waals surface area (Å²) < 4.78 is 0. The lowest BCUT2D eigenvalue weighted by Gasteiger charge is -2.35. The second-order valence-electron chi connectivity index (χ2n) is 5.89. The predicted octanol–water partition coefficient (Wildman–Crippen LogP) is 3.17. The Bertz CT molecular complexity index is 842. The highest BCUT2D eigenvalue weighted by Gasteiger charge is 2.24. The molecule has 0 aliphatic carbocycles. The van der Waals surface area contributed by atoms with Gasteiger partial charge in [0, 0.05) is 55.2 Å². The van der Waals surface area contributed by atoms with Crippen LogP contribution >= 0.6 is 11.3 Å². The van der Waals surface area contributed by atoms with E-state index < -0.39 is 0 Å². The van der Waals surface area contributed by atoms with Crippen LogP contribution in [0.1, 0.15) is 10.5 Å². The molecule has 5 nitrogen and oxygen atoms in total. The minimum absolute atomic E-state index is 0.0131. The molecule has 1 amide bonds. The summed E-state index contributed by atoms with van der Waals surface area (Å²) in [4.78, 5) is 25.5. The number of pyridine rings is 1.